The maximum atomic E-state index is 9.90. The summed E-state index contributed by atoms with van der Waals surface area (Å²) in [6.45, 7) is 4.48. The topological polar surface area (TPSA) is 63.4 Å². The summed E-state index contributed by atoms with van der Waals surface area (Å²) in [7, 11) is 0. The predicted octanol–water partition coefficient (Wildman–Crippen LogP) is 6.20. The van der Waals surface area contributed by atoms with Gasteiger partial charge in [0.05, 0.1) is 29.7 Å². The zero-order valence-electron chi connectivity index (χ0n) is 23.9. The molecule has 42 heavy (non-hydrogen) atoms. The number of fused-ring (bicyclic) bond motifs is 3. The van der Waals surface area contributed by atoms with Gasteiger partial charge in [-0.05, 0) is 66.6 Å². The standard InChI is InChI=1S/C36H36N4O2/c41-24-31-23-37-36-35(33-7-3-1-5-27(33)18-22-40(31)36)29-16-20-39(21-17-29)19-15-26-9-13-32(14-10-26)42-25-30-12-11-28-6-2-4-8-34(28)38-30/h1-14,23,41H,15-22,24-25H2. The number of benzene rings is 3. The van der Waals surface area contributed by atoms with Gasteiger partial charge in [-0.2, -0.15) is 0 Å². The van der Waals surface area contributed by atoms with E-state index in [1.165, 1.54) is 27.8 Å². The van der Waals surface area contributed by atoms with Crippen molar-refractivity contribution in [1.82, 2.24) is 19.4 Å². The number of rotatable bonds is 7. The van der Waals surface area contributed by atoms with Crippen LogP contribution in [0.4, 0.5) is 0 Å². The first-order chi connectivity index (χ1) is 20.7. The number of pyridine rings is 1. The zero-order valence-corrected chi connectivity index (χ0v) is 23.9. The average Bonchev–Trinajstić information content (AvgIpc) is 3.38. The molecule has 0 bridgehead atoms. The van der Waals surface area contributed by atoms with Crippen molar-refractivity contribution < 1.29 is 9.84 Å². The molecule has 0 unspecified atom stereocenters. The highest BCUT2D eigenvalue weighted by atomic mass is 16.5. The summed E-state index contributed by atoms with van der Waals surface area (Å²) in [5, 5.41) is 11.0. The number of imidazole rings is 1. The molecule has 212 valence electrons. The van der Waals surface area contributed by atoms with Crippen molar-refractivity contribution >= 4 is 16.5 Å². The Labute approximate surface area is 246 Å². The fourth-order valence-corrected chi connectivity index (χ4v) is 6.35. The van der Waals surface area contributed by atoms with Crippen LogP contribution in [0.3, 0.4) is 0 Å². The van der Waals surface area contributed by atoms with Gasteiger partial charge in [-0.1, -0.05) is 66.2 Å². The molecule has 0 amide bonds. The van der Waals surface area contributed by atoms with Gasteiger partial charge in [0.2, 0.25) is 0 Å². The van der Waals surface area contributed by atoms with Crippen molar-refractivity contribution in [3.8, 4) is 5.75 Å². The first-order valence-electron chi connectivity index (χ1n) is 15.0. The van der Waals surface area contributed by atoms with Gasteiger partial charge in [0.1, 0.15) is 18.2 Å². The molecule has 7 rings (SSSR count). The highest BCUT2D eigenvalue weighted by molar-refractivity contribution is 5.82. The maximum Gasteiger partial charge on any atom is 0.140 e. The quantitative estimate of drug-likeness (QED) is 0.259. The van der Waals surface area contributed by atoms with Gasteiger partial charge in [0.25, 0.3) is 0 Å². The summed E-state index contributed by atoms with van der Waals surface area (Å²) in [5.74, 6) is 1.89. The Balaban J connectivity index is 0.971. The Morgan fingerprint density at radius 2 is 1.62 bits per heavy atom. The largest absolute Gasteiger partial charge is 0.487 e. The molecule has 2 aromatic heterocycles. The third kappa shape index (κ3) is 5.48. The Bertz CT molecular complexity index is 1730. The van der Waals surface area contributed by atoms with Crippen molar-refractivity contribution in [3.63, 3.8) is 0 Å². The second kappa shape index (κ2) is 11.9. The third-order valence-electron chi connectivity index (χ3n) is 8.71. The molecule has 2 aliphatic rings. The molecule has 6 heteroatoms. The van der Waals surface area contributed by atoms with Gasteiger partial charge >= 0.3 is 0 Å². The summed E-state index contributed by atoms with van der Waals surface area (Å²) in [5.41, 5.74) is 9.61. The van der Waals surface area contributed by atoms with E-state index in [4.69, 9.17) is 14.7 Å². The predicted molar refractivity (Wildman–Crippen MR) is 166 cm³/mol. The van der Waals surface area contributed by atoms with Gasteiger partial charge in [-0.25, -0.2) is 9.97 Å². The number of nitrogens with zero attached hydrogens (tertiary/aromatic N) is 4. The molecule has 3 aromatic carbocycles. The molecule has 0 aliphatic carbocycles. The normalized spacial score (nSPS) is 15.4. The van der Waals surface area contributed by atoms with E-state index in [9.17, 15) is 5.11 Å². The minimum absolute atomic E-state index is 0.0223. The van der Waals surface area contributed by atoms with Gasteiger partial charge in [0, 0.05) is 37.1 Å². The zero-order chi connectivity index (χ0) is 28.3. The molecular weight excluding hydrogens is 520 g/mol. The smallest absolute Gasteiger partial charge is 0.140 e. The number of aromatic nitrogens is 3. The van der Waals surface area contributed by atoms with Crippen molar-refractivity contribution in [2.75, 3.05) is 19.6 Å². The van der Waals surface area contributed by atoms with Gasteiger partial charge in [-0.3, -0.25) is 0 Å². The number of aryl methyl sites for hydroxylation is 1. The lowest BCUT2D eigenvalue weighted by Crippen LogP contribution is -2.33. The van der Waals surface area contributed by atoms with Crippen molar-refractivity contribution in [2.45, 2.75) is 45.4 Å². The first-order valence-corrected chi connectivity index (χ1v) is 15.0. The number of aliphatic hydroxyl groups excluding tert-OH is 1. The molecule has 0 saturated carbocycles. The fraction of sp³-hybridized carbons (Fsp3) is 0.278. The average molecular weight is 557 g/mol. The van der Waals surface area contributed by atoms with Crippen LogP contribution < -0.4 is 4.74 Å². The molecule has 5 aromatic rings. The lowest BCUT2D eigenvalue weighted by molar-refractivity contribution is 0.260. The molecule has 0 radical (unpaired) electrons. The minimum Gasteiger partial charge on any atom is -0.487 e. The molecule has 0 atom stereocenters. The number of para-hydroxylation sites is 1. The van der Waals surface area contributed by atoms with Crippen LogP contribution in [0, 0.1) is 0 Å². The molecule has 0 spiro atoms. The van der Waals surface area contributed by atoms with E-state index < -0.39 is 0 Å². The van der Waals surface area contributed by atoms with Gasteiger partial charge < -0.3 is 19.3 Å². The first kappa shape index (κ1) is 26.6. The van der Waals surface area contributed by atoms with Crippen LogP contribution in [0.2, 0.25) is 0 Å². The molecular formula is C36H36N4O2. The minimum atomic E-state index is 0.0223. The van der Waals surface area contributed by atoms with Crippen LogP contribution in [0.15, 0.2) is 96.7 Å². The number of hydrogen-bond donors (Lipinski definition) is 1. The molecule has 1 fully saturated rings. The fourth-order valence-electron chi connectivity index (χ4n) is 6.35. The number of hydrogen-bond acceptors (Lipinski definition) is 5. The van der Waals surface area contributed by atoms with Crippen LogP contribution in [-0.4, -0.2) is 44.2 Å². The second-order valence-corrected chi connectivity index (χ2v) is 11.3. The molecule has 4 heterocycles. The number of ether oxygens (including phenoxy) is 1. The van der Waals surface area contributed by atoms with Gasteiger partial charge in [0.15, 0.2) is 0 Å². The van der Waals surface area contributed by atoms with E-state index >= 15 is 0 Å². The third-order valence-corrected chi connectivity index (χ3v) is 8.71. The van der Waals surface area contributed by atoms with Crippen LogP contribution in [0.1, 0.15) is 46.7 Å². The Morgan fingerprint density at radius 1 is 0.810 bits per heavy atom. The maximum absolute atomic E-state index is 9.90. The Morgan fingerprint density at radius 3 is 2.48 bits per heavy atom. The lowest BCUT2D eigenvalue weighted by atomic mass is 9.90. The summed E-state index contributed by atoms with van der Waals surface area (Å²) in [6.07, 6.45) is 5.90. The SMILES string of the molecule is OCc1cnc2n1CCc1ccccc1C2=C1CCN(CCc2ccc(OCc3ccc4ccccc4n3)cc2)CC1. The number of piperidine rings is 1. The van der Waals surface area contributed by atoms with E-state index in [1.54, 1.807) is 0 Å². The molecule has 1 saturated heterocycles. The van der Waals surface area contributed by atoms with E-state index in [1.807, 2.05) is 30.5 Å². The number of aliphatic hydroxyl groups is 1. The molecule has 2 aliphatic heterocycles. The molecule has 6 nitrogen and oxygen atoms in total. The highest BCUT2D eigenvalue weighted by Crippen LogP contribution is 2.36. The van der Waals surface area contributed by atoms with Crippen molar-refractivity contribution in [3.05, 3.63) is 131 Å². The second-order valence-electron chi connectivity index (χ2n) is 11.3. The van der Waals surface area contributed by atoms with Crippen LogP contribution in [-0.2, 0) is 32.6 Å². The van der Waals surface area contributed by atoms with Gasteiger partial charge in [-0.15, -0.1) is 0 Å². The monoisotopic (exact) mass is 556 g/mol. The summed E-state index contributed by atoms with van der Waals surface area (Å²) in [4.78, 5) is 12.1. The van der Waals surface area contributed by atoms with E-state index in [0.29, 0.717) is 6.61 Å². The summed E-state index contributed by atoms with van der Waals surface area (Å²) < 4.78 is 8.25. The van der Waals surface area contributed by atoms with E-state index in [2.05, 4.69) is 70.1 Å². The summed E-state index contributed by atoms with van der Waals surface area (Å²) >= 11 is 0. The Kier molecular flexibility index (Phi) is 7.56. The van der Waals surface area contributed by atoms with Crippen molar-refractivity contribution in [2.24, 2.45) is 0 Å². The number of likely N-dealkylation sites (tertiary alicyclic amines) is 1. The van der Waals surface area contributed by atoms with Crippen molar-refractivity contribution in [1.29, 1.82) is 0 Å². The van der Waals surface area contributed by atoms with Crippen LogP contribution in [0.5, 0.6) is 5.75 Å². The highest BCUT2D eigenvalue weighted by Gasteiger charge is 2.26. The lowest BCUT2D eigenvalue weighted by Gasteiger charge is -2.30. The Hall–Kier alpha value is -4.26. The summed E-state index contributed by atoms with van der Waals surface area (Å²) in [6, 6.07) is 29.6. The molecule has 1 N–H and O–H groups in total. The van der Waals surface area contributed by atoms with E-state index in [-0.39, 0.29) is 6.61 Å². The van der Waals surface area contributed by atoms with Crippen LogP contribution >= 0.6 is 0 Å². The van der Waals surface area contributed by atoms with Crippen LogP contribution in [0.25, 0.3) is 16.5 Å². The van der Waals surface area contributed by atoms with E-state index in [0.717, 1.165) is 85.7 Å².